The van der Waals surface area contributed by atoms with Gasteiger partial charge in [-0.3, -0.25) is 9.78 Å². The van der Waals surface area contributed by atoms with Gasteiger partial charge in [-0.1, -0.05) is 6.07 Å². The van der Waals surface area contributed by atoms with Gasteiger partial charge < -0.3 is 23.9 Å². The fraction of sp³-hybridized carbons (Fsp3) is 0.269. The molecule has 1 aliphatic heterocycles. The molecule has 182 valence electrons. The third-order valence-corrected chi connectivity index (χ3v) is 5.96. The standard InChI is InChI=1S/C26H23N5O5/c1-28-26(32)20-13-22(33-2)24(31-30-20)23-12-19-25(36-23)18(5-8-29-19)15-3-4-21(16(11-15)14-27)35-17-6-9-34-10-7-17/h3-5,8,11-13,17H,6-7,9-10H2,1-2H3,(H,28,32). The highest BCUT2D eigenvalue weighted by atomic mass is 16.5. The summed E-state index contributed by atoms with van der Waals surface area (Å²) in [5.74, 6) is 0.900. The van der Waals surface area contributed by atoms with Gasteiger partial charge in [0.2, 0.25) is 0 Å². The van der Waals surface area contributed by atoms with Gasteiger partial charge in [-0.2, -0.15) is 5.26 Å². The highest BCUT2D eigenvalue weighted by Gasteiger charge is 2.21. The summed E-state index contributed by atoms with van der Waals surface area (Å²) in [4.78, 5) is 16.3. The third-order valence-electron chi connectivity index (χ3n) is 5.96. The van der Waals surface area contributed by atoms with Gasteiger partial charge in [0, 0.05) is 43.8 Å². The lowest BCUT2D eigenvalue weighted by Gasteiger charge is -2.23. The summed E-state index contributed by atoms with van der Waals surface area (Å²) in [6.07, 6.45) is 3.29. The van der Waals surface area contributed by atoms with Crippen molar-refractivity contribution in [3.8, 4) is 40.1 Å². The van der Waals surface area contributed by atoms with E-state index in [1.54, 1.807) is 18.3 Å². The first-order valence-corrected chi connectivity index (χ1v) is 11.4. The van der Waals surface area contributed by atoms with Crippen molar-refractivity contribution in [3.63, 3.8) is 0 Å². The molecule has 4 aromatic rings. The average Bonchev–Trinajstić information content (AvgIpc) is 3.37. The lowest BCUT2D eigenvalue weighted by molar-refractivity contribution is 0.0254. The largest absolute Gasteiger partial charge is 0.494 e. The van der Waals surface area contributed by atoms with Crippen LogP contribution in [0.5, 0.6) is 11.5 Å². The normalized spacial score (nSPS) is 13.8. The predicted molar refractivity (Wildman–Crippen MR) is 130 cm³/mol. The Morgan fingerprint density at radius 3 is 2.72 bits per heavy atom. The molecular formula is C26H23N5O5. The van der Waals surface area contributed by atoms with Gasteiger partial charge in [0.25, 0.3) is 5.91 Å². The van der Waals surface area contributed by atoms with Crippen molar-refractivity contribution in [2.45, 2.75) is 18.9 Å². The first-order valence-electron chi connectivity index (χ1n) is 11.4. The second-order valence-electron chi connectivity index (χ2n) is 8.16. The molecule has 1 amide bonds. The maximum atomic E-state index is 11.9. The first kappa shape index (κ1) is 23.3. The maximum Gasteiger partial charge on any atom is 0.271 e. The Labute approximate surface area is 206 Å². The molecule has 1 N–H and O–H groups in total. The van der Waals surface area contributed by atoms with Gasteiger partial charge in [-0.15, -0.1) is 10.2 Å². The van der Waals surface area contributed by atoms with Crippen molar-refractivity contribution in [2.75, 3.05) is 27.4 Å². The Kier molecular flexibility index (Phi) is 6.47. The summed E-state index contributed by atoms with van der Waals surface area (Å²) in [5, 5.41) is 20.4. The number of hydrogen-bond donors (Lipinski definition) is 1. The maximum absolute atomic E-state index is 11.9. The number of benzene rings is 1. The van der Waals surface area contributed by atoms with Gasteiger partial charge >= 0.3 is 0 Å². The number of furan rings is 1. The van der Waals surface area contributed by atoms with Crippen LogP contribution >= 0.6 is 0 Å². The number of nitrogens with one attached hydrogen (secondary N) is 1. The Hall–Kier alpha value is -4.49. The number of nitrogens with zero attached hydrogens (tertiary/aromatic N) is 4. The summed E-state index contributed by atoms with van der Waals surface area (Å²) in [6, 6.07) is 12.8. The molecular weight excluding hydrogens is 462 g/mol. The van der Waals surface area contributed by atoms with Crippen molar-refractivity contribution < 1.29 is 23.4 Å². The van der Waals surface area contributed by atoms with Crippen molar-refractivity contribution >= 4 is 17.0 Å². The number of rotatable bonds is 6. The van der Waals surface area contributed by atoms with Crippen molar-refractivity contribution in [3.05, 3.63) is 53.9 Å². The highest BCUT2D eigenvalue weighted by Crippen LogP contribution is 2.37. The molecule has 0 bridgehead atoms. The SMILES string of the molecule is CNC(=O)c1cc(OC)c(-c2cc3nccc(-c4ccc(OC5CCOCC5)c(C#N)c4)c3o2)nn1. The number of carbonyl (C=O) groups is 1. The second-order valence-corrected chi connectivity index (χ2v) is 8.16. The lowest BCUT2D eigenvalue weighted by atomic mass is 10.0. The van der Waals surface area contributed by atoms with E-state index in [0.29, 0.717) is 52.8 Å². The summed E-state index contributed by atoms with van der Waals surface area (Å²) in [5.41, 5.74) is 3.57. The monoisotopic (exact) mass is 485 g/mol. The number of amides is 1. The molecule has 0 atom stereocenters. The topological polar surface area (TPSA) is 132 Å². The minimum absolute atomic E-state index is 0.0304. The zero-order valence-electron chi connectivity index (χ0n) is 19.8. The number of ether oxygens (including phenoxy) is 3. The van der Waals surface area contributed by atoms with Crippen LogP contribution < -0.4 is 14.8 Å². The molecule has 36 heavy (non-hydrogen) atoms. The summed E-state index contributed by atoms with van der Waals surface area (Å²) >= 11 is 0. The molecule has 1 aliphatic rings. The van der Waals surface area contributed by atoms with E-state index < -0.39 is 0 Å². The van der Waals surface area contributed by atoms with E-state index >= 15 is 0 Å². The quantitative estimate of drug-likeness (QED) is 0.433. The van der Waals surface area contributed by atoms with E-state index in [-0.39, 0.29) is 17.7 Å². The molecule has 10 heteroatoms. The molecule has 1 saturated heterocycles. The zero-order chi connectivity index (χ0) is 25.1. The molecule has 10 nitrogen and oxygen atoms in total. The Balaban J connectivity index is 1.52. The number of hydrogen-bond acceptors (Lipinski definition) is 9. The van der Waals surface area contributed by atoms with Crippen LogP contribution in [0.25, 0.3) is 33.7 Å². The van der Waals surface area contributed by atoms with Gasteiger partial charge in [0.05, 0.1) is 25.9 Å². The molecule has 4 heterocycles. The minimum Gasteiger partial charge on any atom is -0.494 e. The third kappa shape index (κ3) is 4.44. The molecule has 0 aliphatic carbocycles. The van der Waals surface area contributed by atoms with Crippen LogP contribution in [-0.4, -0.2) is 54.6 Å². The number of carbonyl (C=O) groups excluding carboxylic acids is 1. The molecule has 5 rings (SSSR count). The van der Waals surface area contributed by atoms with E-state index in [1.807, 2.05) is 18.2 Å². The van der Waals surface area contributed by atoms with E-state index in [9.17, 15) is 10.1 Å². The molecule has 0 spiro atoms. The summed E-state index contributed by atoms with van der Waals surface area (Å²) in [7, 11) is 2.99. The molecule has 0 unspecified atom stereocenters. The fourth-order valence-corrected chi connectivity index (χ4v) is 4.08. The lowest BCUT2D eigenvalue weighted by Crippen LogP contribution is -2.26. The van der Waals surface area contributed by atoms with Crippen molar-refractivity contribution in [1.29, 1.82) is 5.26 Å². The molecule has 0 radical (unpaired) electrons. The smallest absolute Gasteiger partial charge is 0.271 e. The number of aromatic nitrogens is 3. The van der Waals surface area contributed by atoms with E-state index in [1.165, 1.54) is 20.2 Å². The summed E-state index contributed by atoms with van der Waals surface area (Å²) < 4.78 is 23.1. The van der Waals surface area contributed by atoms with Crippen molar-refractivity contribution in [2.24, 2.45) is 0 Å². The molecule has 0 saturated carbocycles. The first-order chi connectivity index (χ1) is 17.6. The van der Waals surface area contributed by atoms with Crippen LogP contribution in [-0.2, 0) is 4.74 Å². The van der Waals surface area contributed by atoms with Gasteiger partial charge in [0.15, 0.2) is 28.5 Å². The summed E-state index contributed by atoms with van der Waals surface area (Å²) in [6.45, 7) is 1.31. The van der Waals surface area contributed by atoms with Crippen LogP contribution in [0.3, 0.4) is 0 Å². The van der Waals surface area contributed by atoms with Crippen LogP contribution in [0, 0.1) is 11.3 Å². The zero-order valence-corrected chi connectivity index (χ0v) is 19.8. The van der Waals surface area contributed by atoms with Crippen LogP contribution in [0.2, 0.25) is 0 Å². The molecule has 3 aromatic heterocycles. The minimum atomic E-state index is -0.376. The number of methoxy groups -OCH3 is 1. The van der Waals surface area contributed by atoms with Gasteiger partial charge in [-0.05, 0) is 23.8 Å². The Bertz CT molecular complexity index is 1470. The van der Waals surface area contributed by atoms with Crippen LogP contribution in [0.4, 0.5) is 0 Å². The second kappa shape index (κ2) is 10.0. The predicted octanol–water partition coefficient (Wildman–Crippen LogP) is 3.75. The Morgan fingerprint density at radius 2 is 1.97 bits per heavy atom. The molecule has 1 aromatic carbocycles. The van der Waals surface area contributed by atoms with Gasteiger partial charge in [0.1, 0.15) is 23.4 Å². The number of fused-ring (bicyclic) bond motifs is 1. The van der Waals surface area contributed by atoms with E-state index in [0.717, 1.165) is 24.0 Å². The van der Waals surface area contributed by atoms with Crippen LogP contribution in [0.1, 0.15) is 28.9 Å². The fourth-order valence-electron chi connectivity index (χ4n) is 4.08. The Morgan fingerprint density at radius 1 is 1.14 bits per heavy atom. The highest BCUT2D eigenvalue weighted by molar-refractivity contribution is 5.94. The van der Waals surface area contributed by atoms with Crippen LogP contribution in [0.15, 0.2) is 47.0 Å². The molecule has 1 fully saturated rings. The van der Waals surface area contributed by atoms with E-state index in [2.05, 4.69) is 26.6 Å². The number of pyridine rings is 1. The number of nitriles is 1. The van der Waals surface area contributed by atoms with Crippen molar-refractivity contribution in [1.82, 2.24) is 20.5 Å². The van der Waals surface area contributed by atoms with E-state index in [4.69, 9.17) is 18.6 Å². The average molecular weight is 486 g/mol. The van der Waals surface area contributed by atoms with Gasteiger partial charge in [-0.25, -0.2) is 0 Å².